The van der Waals surface area contributed by atoms with Gasteiger partial charge in [0.1, 0.15) is 5.82 Å². The maximum Gasteiger partial charge on any atom is 0.200 e. The van der Waals surface area contributed by atoms with Crippen molar-refractivity contribution >= 4 is 5.95 Å². The smallest absolute Gasteiger partial charge is 0.200 e. The molecule has 2 aromatic rings. The summed E-state index contributed by atoms with van der Waals surface area (Å²) >= 11 is 0. The Balaban J connectivity index is 2.30. The minimum Gasteiger partial charge on any atom is -0.369 e. The van der Waals surface area contributed by atoms with E-state index in [-0.39, 0.29) is 5.82 Å². The molecule has 0 spiro atoms. The zero-order valence-electron chi connectivity index (χ0n) is 9.37. The number of nitrogens with zero attached hydrogens (tertiary/aromatic N) is 2. The SMILES string of the molecule is Cc1c(Cc2cccc(F)c2)nc(N)n1C. The summed E-state index contributed by atoms with van der Waals surface area (Å²) < 4.78 is 14.8. The van der Waals surface area contributed by atoms with E-state index in [0.717, 1.165) is 17.0 Å². The van der Waals surface area contributed by atoms with Crippen LogP contribution in [0.3, 0.4) is 0 Å². The van der Waals surface area contributed by atoms with Crippen LogP contribution in [-0.2, 0) is 13.5 Å². The molecule has 0 saturated heterocycles. The first kappa shape index (κ1) is 10.7. The van der Waals surface area contributed by atoms with Gasteiger partial charge >= 0.3 is 0 Å². The van der Waals surface area contributed by atoms with E-state index in [9.17, 15) is 4.39 Å². The van der Waals surface area contributed by atoms with E-state index in [0.29, 0.717) is 12.4 Å². The van der Waals surface area contributed by atoms with Crippen molar-refractivity contribution in [3.05, 3.63) is 47.0 Å². The Labute approximate surface area is 93.7 Å². The second-order valence-corrected chi connectivity index (χ2v) is 3.87. The number of aromatic nitrogens is 2. The largest absolute Gasteiger partial charge is 0.369 e. The molecule has 84 valence electrons. The first-order chi connectivity index (χ1) is 7.58. The van der Waals surface area contributed by atoms with E-state index < -0.39 is 0 Å². The highest BCUT2D eigenvalue weighted by molar-refractivity contribution is 5.32. The van der Waals surface area contributed by atoms with Gasteiger partial charge in [-0.3, -0.25) is 0 Å². The van der Waals surface area contributed by atoms with Crippen molar-refractivity contribution in [2.24, 2.45) is 7.05 Å². The molecule has 0 aliphatic heterocycles. The van der Waals surface area contributed by atoms with E-state index in [1.54, 1.807) is 6.07 Å². The van der Waals surface area contributed by atoms with Gasteiger partial charge in [-0.1, -0.05) is 12.1 Å². The van der Waals surface area contributed by atoms with Gasteiger partial charge in [0.2, 0.25) is 0 Å². The normalized spacial score (nSPS) is 10.7. The molecular weight excluding hydrogens is 205 g/mol. The van der Waals surface area contributed by atoms with Gasteiger partial charge in [-0.2, -0.15) is 0 Å². The van der Waals surface area contributed by atoms with Crippen LogP contribution in [0.5, 0.6) is 0 Å². The van der Waals surface area contributed by atoms with Crippen molar-refractivity contribution in [3.63, 3.8) is 0 Å². The third kappa shape index (κ3) is 1.91. The molecular formula is C12H14FN3. The molecule has 2 rings (SSSR count). The number of hydrogen-bond donors (Lipinski definition) is 1. The number of nitrogens with two attached hydrogens (primary N) is 1. The van der Waals surface area contributed by atoms with Gasteiger partial charge in [-0.05, 0) is 24.6 Å². The number of anilines is 1. The van der Waals surface area contributed by atoms with Crippen LogP contribution in [-0.4, -0.2) is 9.55 Å². The van der Waals surface area contributed by atoms with Crippen molar-refractivity contribution < 1.29 is 4.39 Å². The number of hydrogen-bond acceptors (Lipinski definition) is 2. The van der Waals surface area contributed by atoms with Gasteiger partial charge in [0.05, 0.1) is 5.69 Å². The second kappa shape index (κ2) is 3.96. The highest BCUT2D eigenvalue weighted by Gasteiger charge is 2.09. The summed E-state index contributed by atoms with van der Waals surface area (Å²) in [4.78, 5) is 4.25. The third-order valence-electron chi connectivity index (χ3n) is 2.77. The van der Waals surface area contributed by atoms with Gasteiger partial charge < -0.3 is 10.3 Å². The Morgan fingerprint density at radius 2 is 2.19 bits per heavy atom. The van der Waals surface area contributed by atoms with Crippen molar-refractivity contribution in [2.45, 2.75) is 13.3 Å². The molecule has 0 aliphatic rings. The van der Waals surface area contributed by atoms with E-state index in [4.69, 9.17) is 5.73 Å². The summed E-state index contributed by atoms with van der Waals surface area (Å²) in [6, 6.07) is 6.53. The molecule has 0 radical (unpaired) electrons. The monoisotopic (exact) mass is 219 g/mol. The quantitative estimate of drug-likeness (QED) is 0.840. The summed E-state index contributed by atoms with van der Waals surface area (Å²) in [6.45, 7) is 1.96. The van der Waals surface area contributed by atoms with Crippen LogP contribution in [0.2, 0.25) is 0 Å². The zero-order chi connectivity index (χ0) is 11.7. The Morgan fingerprint density at radius 3 is 2.75 bits per heavy atom. The maximum absolute atomic E-state index is 13.0. The Kier molecular flexibility index (Phi) is 2.64. The fraction of sp³-hybridized carbons (Fsp3) is 0.250. The van der Waals surface area contributed by atoms with Crippen molar-refractivity contribution in [2.75, 3.05) is 5.73 Å². The van der Waals surface area contributed by atoms with Crippen molar-refractivity contribution in [3.8, 4) is 0 Å². The average molecular weight is 219 g/mol. The highest BCUT2D eigenvalue weighted by atomic mass is 19.1. The fourth-order valence-electron chi connectivity index (χ4n) is 1.67. The van der Waals surface area contributed by atoms with Gasteiger partial charge in [0.25, 0.3) is 0 Å². The van der Waals surface area contributed by atoms with E-state index in [2.05, 4.69) is 4.98 Å². The highest BCUT2D eigenvalue weighted by Crippen LogP contribution is 2.15. The molecule has 0 saturated carbocycles. The number of halogens is 1. The van der Waals surface area contributed by atoms with E-state index >= 15 is 0 Å². The Morgan fingerprint density at radius 1 is 1.44 bits per heavy atom. The summed E-state index contributed by atoms with van der Waals surface area (Å²) in [5.74, 6) is 0.267. The third-order valence-corrected chi connectivity index (χ3v) is 2.77. The van der Waals surface area contributed by atoms with Crippen LogP contribution in [0.1, 0.15) is 17.0 Å². The van der Waals surface area contributed by atoms with Gasteiger partial charge in [-0.25, -0.2) is 9.37 Å². The topological polar surface area (TPSA) is 43.8 Å². The number of rotatable bonds is 2. The molecule has 0 bridgehead atoms. The zero-order valence-corrected chi connectivity index (χ0v) is 9.37. The summed E-state index contributed by atoms with van der Waals surface area (Å²) in [5, 5.41) is 0. The van der Waals surface area contributed by atoms with Gasteiger partial charge in [0, 0.05) is 19.2 Å². The Bertz CT molecular complexity index is 517. The lowest BCUT2D eigenvalue weighted by Gasteiger charge is -2.01. The molecule has 3 nitrogen and oxygen atoms in total. The minimum absolute atomic E-state index is 0.223. The lowest BCUT2D eigenvalue weighted by atomic mass is 10.1. The van der Waals surface area contributed by atoms with Crippen LogP contribution in [0, 0.1) is 12.7 Å². The van der Waals surface area contributed by atoms with E-state index in [1.165, 1.54) is 12.1 Å². The van der Waals surface area contributed by atoms with E-state index in [1.807, 2.05) is 24.6 Å². The number of benzene rings is 1. The van der Waals surface area contributed by atoms with Gasteiger partial charge in [-0.15, -0.1) is 0 Å². The molecule has 2 N–H and O–H groups in total. The van der Waals surface area contributed by atoms with Crippen LogP contribution < -0.4 is 5.73 Å². The summed E-state index contributed by atoms with van der Waals surface area (Å²) in [7, 11) is 1.87. The number of nitrogen functional groups attached to an aromatic ring is 1. The molecule has 0 amide bonds. The molecule has 0 unspecified atom stereocenters. The van der Waals surface area contributed by atoms with Crippen LogP contribution >= 0.6 is 0 Å². The molecule has 0 atom stereocenters. The average Bonchev–Trinajstić information content (AvgIpc) is 2.47. The maximum atomic E-state index is 13.0. The molecule has 1 aromatic heterocycles. The molecule has 16 heavy (non-hydrogen) atoms. The lowest BCUT2D eigenvalue weighted by molar-refractivity contribution is 0.626. The predicted molar refractivity (Wildman–Crippen MR) is 61.6 cm³/mol. The standard InChI is InChI=1S/C12H14FN3/c1-8-11(15-12(14)16(8)2)7-9-4-3-5-10(13)6-9/h3-6H,7H2,1-2H3,(H2,14,15). The molecule has 1 heterocycles. The summed E-state index contributed by atoms with van der Waals surface area (Å²) in [6.07, 6.45) is 0.606. The molecule has 0 aliphatic carbocycles. The lowest BCUT2D eigenvalue weighted by Crippen LogP contribution is -1.98. The van der Waals surface area contributed by atoms with Crippen molar-refractivity contribution in [1.82, 2.24) is 9.55 Å². The molecule has 1 aromatic carbocycles. The number of imidazole rings is 1. The predicted octanol–water partition coefficient (Wildman–Crippen LogP) is 2.04. The first-order valence-corrected chi connectivity index (χ1v) is 5.10. The van der Waals surface area contributed by atoms with Crippen LogP contribution in [0.4, 0.5) is 10.3 Å². The first-order valence-electron chi connectivity index (χ1n) is 5.10. The van der Waals surface area contributed by atoms with Crippen LogP contribution in [0.15, 0.2) is 24.3 Å². The van der Waals surface area contributed by atoms with Crippen molar-refractivity contribution in [1.29, 1.82) is 0 Å². The minimum atomic E-state index is -0.223. The molecule has 4 heteroatoms. The summed E-state index contributed by atoms with van der Waals surface area (Å²) in [5.41, 5.74) is 8.52. The molecule has 0 fully saturated rings. The van der Waals surface area contributed by atoms with Gasteiger partial charge in [0.15, 0.2) is 5.95 Å². The second-order valence-electron chi connectivity index (χ2n) is 3.87. The fourth-order valence-corrected chi connectivity index (χ4v) is 1.67. The Hall–Kier alpha value is -1.84. The van der Waals surface area contributed by atoms with Crippen LogP contribution in [0.25, 0.3) is 0 Å².